The fourth-order valence-electron chi connectivity index (χ4n) is 1.66. The summed E-state index contributed by atoms with van der Waals surface area (Å²) in [5.41, 5.74) is 2.29. The number of urea groups is 1. The number of carboxylic acids is 1. The van der Waals surface area contributed by atoms with Crippen molar-refractivity contribution in [2.24, 2.45) is 0 Å². The van der Waals surface area contributed by atoms with Crippen LogP contribution in [0.1, 0.15) is 30.9 Å². The van der Waals surface area contributed by atoms with Crippen LogP contribution in [-0.4, -0.2) is 36.9 Å². The van der Waals surface area contributed by atoms with E-state index in [9.17, 15) is 9.59 Å². The van der Waals surface area contributed by atoms with Gasteiger partial charge < -0.3 is 20.5 Å². The summed E-state index contributed by atoms with van der Waals surface area (Å²) in [7, 11) is 0. The Labute approximate surface area is 124 Å². The molecule has 6 nitrogen and oxygen atoms in total. The summed E-state index contributed by atoms with van der Waals surface area (Å²) in [6.45, 7) is 4.79. The van der Waals surface area contributed by atoms with Crippen LogP contribution in [0.3, 0.4) is 0 Å². The first kappa shape index (κ1) is 17.0. The molecular weight excluding hydrogens is 272 g/mol. The van der Waals surface area contributed by atoms with Gasteiger partial charge in [-0.3, -0.25) is 0 Å². The Kier molecular flexibility index (Phi) is 7.25. The lowest BCUT2D eigenvalue weighted by Gasteiger charge is -2.09. The first-order chi connectivity index (χ1) is 9.99. The highest BCUT2D eigenvalue weighted by molar-refractivity contribution is 5.73. The zero-order valence-electron chi connectivity index (χ0n) is 12.4. The van der Waals surface area contributed by atoms with E-state index >= 15 is 0 Å². The standard InChI is InChI=1S/C15H22N2O4/c1-11(2)13-5-3-12(4-6-13)9-17-15(20)16-7-8-21-10-14(18)19/h3-6,11H,7-10H2,1-2H3,(H,18,19)(H2,16,17,20). The Balaban J connectivity index is 2.19. The van der Waals surface area contributed by atoms with Crippen LogP contribution in [0, 0.1) is 0 Å². The third-order valence-electron chi connectivity index (χ3n) is 2.86. The summed E-state index contributed by atoms with van der Waals surface area (Å²) in [5.74, 6) is -0.537. The molecule has 0 atom stereocenters. The lowest BCUT2D eigenvalue weighted by Crippen LogP contribution is -2.37. The van der Waals surface area contributed by atoms with E-state index in [4.69, 9.17) is 9.84 Å². The van der Waals surface area contributed by atoms with Gasteiger partial charge in [0.2, 0.25) is 0 Å². The van der Waals surface area contributed by atoms with E-state index < -0.39 is 5.97 Å². The lowest BCUT2D eigenvalue weighted by molar-refractivity contribution is -0.142. The molecule has 21 heavy (non-hydrogen) atoms. The third-order valence-corrected chi connectivity index (χ3v) is 2.86. The van der Waals surface area contributed by atoms with E-state index in [1.54, 1.807) is 0 Å². The third kappa shape index (κ3) is 7.31. The van der Waals surface area contributed by atoms with Crippen molar-refractivity contribution in [3.63, 3.8) is 0 Å². The number of benzene rings is 1. The normalized spacial score (nSPS) is 10.4. The second-order valence-corrected chi connectivity index (χ2v) is 4.95. The second-order valence-electron chi connectivity index (χ2n) is 4.95. The van der Waals surface area contributed by atoms with Crippen LogP contribution in [0.2, 0.25) is 0 Å². The molecule has 2 amide bonds. The van der Waals surface area contributed by atoms with E-state index in [1.165, 1.54) is 5.56 Å². The van der Waals surface area contributed by atoms with Crippen LogP contribution in [0.25, 0.3) is 0 Å². The van der Waals surface area contributed by atoms with Crippen LogP contribution in [0.15, 0.2) is 24.3 Å². The zero-order chi connectivity index (χ0) is 15.7. The van der Waals surface area contributed by atoms with Gasteiger partial charge in [0, 0.05) is 13.1 Å². The highest BCUT2D eigenvalue weighted by atomic mass is 16.5. The minimum atomic E-state index is -1.02. The number of rotatable bonds is 8. The van der Waals surface area contributed by atoms with Crippen molar-refractivity contribution in [2.75, 3.05) is 19.8 Å². The summed E-state index contributed by atoms with van der Waals surface area (Å²) >= 11 is 0. The van der Waals surface area contributed by atoms with Crippen molar-refractivity contribution < 1.29 is 19.4 Å². The largest absolute Gasteiger partial charge is 0.480 e. The average Bonchev–Trinajstić information content (AvgIpc) is 2.44. The van der Waals surface area contributed by atoms with Crippen LogP contribution in [0.4, 0.5) is 4.79 Å². The average molecular weight is 294 g/mol. The monoisotopic (exact) mass is 294 g/mol. The molecule has 0 aromatic heterocycles. The molecule has 1 aromatic carbocycles. The predicted octanol–water partition coefficient (Wildman–Crippen LogP) is 1.71. The van der Waals surface area contributed by atoms with Crippen molar-refractivity contribution in [2.45, 2.75) is 26.3 Å². The number of hydrogen-bond donors (Lipinski definition) is 3. The fraction of sp³-hybridized carbons (Fsp3) is 0.467. The number of carbonyl (C=O) groups excluding carboxylic acids is 1. The van der Waals surface area contributed by atoms with E-state index in [1.807, 2.05) is 12.1 Å². The number of aliphatic carboxylic acids is 1. The summed E-state index contributed by atoms with van der Waals surface area (Å²) < 4.78 is 4.80. The molecule has 116 valence electrons. The number of ether oxygens (including phenoxy) is 1. The molecule has 0 unspecified atom stereocenters. The molecule has 0 spiro atoms. The Bertz CT molecular complexity index is 457. The minimum absolute atomic E-state index is 0.169. The second kappa shape index (κ2) is 8.97. The topological polar surface area (TPSA) is 87.7 Å². The minimum Gasteiger partial charge on any atom is -0.480 e. The number of amides is 2. The Morgan fingerprint density at radius 1 is 1.19 bits per heavy atom. The van der Waals surface area contributed by atoms with Gasteiger partial charge in [-0.1, -0.05) is 38.1 Å². The Hall–Kier alpha value is -2.08. The maximum Gasteiger partial charge on any atom is 0.329 e. The van der Waals surface area contributed by atoms with Gasteiger partial charge in [0.15, 0.2) is 0 Å². The molecule has 0 heterocycles. The molecule has 1 aromatic rings. The first-order valence-electron chi connectivity index (χ1n) is 6.89. The maximum atomic E-state index is 11.5. The van der Waals surface area contributed by atoms with E-state index in [2.05, 4.69) is 36.6 Å². The van der Waals surface area contributed by atoms with Crippen LogP contribution < -0.4 is 10.6 Å². The van der Waals surface area contributed by atoms with Crippen LogP contribution >= 0.6 is 0 Å². The smallest absolute Gasteiger partial charge is 0.329 e. The van der Waals surface area contributed by atoms with Gasteiger partial charge in [-0.05, 0) is 17.0 Å². The Morgan fingerprint density at radius 2 is 1.86 bits per heavy atom. The highest BCUT2D eigenvalue weighted by Crippen LogP contribution is 2.14. The maximum absolute atomic E-state index is 11.5. The van der Waals surface area contributed by atoms with Gasteiger partial charge in [-0.25, -0.2) is 9.59 Å². The molecule has 0 radical (unpaired) electrons. The quantitative estimate of drug-likeness (QED) is 0.637. The van der Waals surface area contributed by atoms with Crippen molar-refractivity contribution in [1.82, 2.24) is 10.6 Å². The van der Waals surface area contributed by atoms with Crippen LogP contribution in [-0.2, 0) is 16.1 Å². The molecule has 0 aliphatic heterocycles. The van der Waals surface area contributed by atoms with Crippen molar-refractivity contribution in [3.05, 3.63) is 35.4 Å². The summed E-state index contributed by atoms with van der Waals surface area (Å²) in [4.78, 5) is 21.7. The SMILES string of the molecule is CC(C)c1ccc(CNC(=O)NCCOCC(=O)O)cc1. The number of carbonyl (C=O) groups is 2. The van der Waals surface area contributed by atoms with Crippen LogP contribution in [0.5, 0.6) is 0 Å². The van der Waals surface area contributed by atoms with Gasteiger partial charge in [0.1, 0.15) is 6.61 Å². The number of nitrogens with one attached hydrogen (secondary N) is 2. The van der Waals surface area contributed by atoms with Gasteiger partial charge >= 0.3 is 12.0 Å². The van der Waals surface area contributed by atoms with E-state index in [0.717, 1.165) is 5.56 Å². The first-order valence-corrected chi connectivity index (χ1v) is 6.89. The molecule has 1 rings (SSSR count). The van der Waals surface area contributed by atoms with Gasteiger partial charge in [0.25, 0.3) is 0 Å². The number of hydrogen-bond acceptors (Lipinski definition) is 3. The summed E-state index contributed by atoms with van der Waals surface area (Å²) in [6, 6.07) is 7.79. The summed E-state index contributed by atoms with van der Waals surface area (Å²) in [6.07, 6.45) is 0. The van der Waals surface area contributed by atoms with E-state index in [-0.39, 0.29) is 25.8 Å². The molecule has 3 N–H and O–H groups in total. The van der Waals surface area contributed by atoms with Crippen molar-refractivity contribution in [3.8, 4) is 0 Å². The molecule has 6 heteroatoms. The highest BCUT2D eigenvalue weighted by Gasteiger charge is 2.02. The van der Waals surface area contributed by atoms with Crippen molar-refractivity contribution in [1.29, 1.82) is 0 Å². The molecule has 0 saturated heterocycles. The Morgan fingerprint density at radius 3 is 2.43 bits per heavy atom. The number of carboxylic acid groups (broad SMARTS) is 1. The zero-order valence-corrected chi connectivity index (χ0v) is 12.4. The molecule has 0 bridgehead atoms. The molecular formula is C15H22N2O4. The van der Waals surface area contributed by atoms with Gasteiger partial charge in [-0.15, -0.1) is 0 Å². The molecule has 0 aliphatic rings. The van der Waals surface area contributed by atoms with Crippen molar-refractivity contribution >= 4 is 12.0 Å². The lowest BCUT2D eigenvalue weighted by atomic mass is 10.0. The molecule has 0 fully saturated rings. The fourth-order valence-corrected chi connectivity index (χ4v) is 1.66. The van der Waals surface area contributed by atoms with E-state index in [0.29, 0.717) is 12.5 Å². The van der Waals surface area contributed by atoms with Gasteiger partial charge in [0.05, 0.1) is 6.61 Å². The molecule has 0 saturated carbocycles. The predicted molar refractivity (Wildman–Crippen MR) is 79.2 cm³/mol. The molecule has 0 aliphatic carbocycles. The van der Waals surface area contributed by atoms with Gasteiger partial charge in [-0.2, -0.15) is 0 Å². The summed E-state index contributed by atoms with van der Waals surface area (Å²) in [5, 5.41) is 13.7.